The second-order valence-electron chi connectivity index (χ2n) is 6.81. The summed E-state index contributed by atoms with van der Waals surface area (Å²) in [5.74, 6) is -0.00967. The first-order valence-electron chi connectivity index (χ1n) is 9.35. The number of hydrogen-bond donors (Lipinski definition) is 1. The molecule has 1 aromatic carbocycles. The highest BCUT2D eigenvalue weighted by molar-refractivity contribution is 7.12. The van der Waals surface area contributed by atoms with Crippen LogP contribution in [0.3, 0.4) is 0 Å². The summed E-state index contributed by atoms with van der Waals surface area (Å²) in [6.07, 6.45) is 4.78. The zero-order valence-corrected chi connectivity index (χ0v) is 16.2. The zero-order chi connectivity index (χ0) is 19.3. The molecule has 1 fully saturated rings. The Bertz CT molecular complexity index is 948. The van der Waals surface area contributed by atoms with Gasteiger partial charge >= 0.3 is 0 Å². The highest BCUT2D eigenvalue weighted by Crippen LogP contribution is 2.28. The van der Waals surface area contributed by atoms with Crippen molar-refractivity contribution in [2.45, 2.75) is 18.9 Å². The smallest absolute Gasteiger partial charge is 0.262 e. The molecule has 6 heteroatoms. The lowest BCUT2D eigenvalue weighted by atomic mass is 10.0. The number of hydrogen-bond acceptors (Lipinski definition) is 4. The lowest BCUT2D eigenvalue weighted by molar-refractivity contribution is 0.0698. The van der Waals surface area contributed by atoms with Crippen molar-refractivity contribution in [3.8, 4) is 11.1 Å². The number of carbonyl (C=O) groups is 2. The van der Waals surface area contributed by atoms with E-state index >= 15 is 0 Å². The molecule has 1 aliphatic rings. The summed E-state index contributed by atoms with van der Waals surface area (Å²) in [4.78, 5) is 31.9. The molecule has 5 nitrogen and oxygen atoms in total. The van der Waals surface area contributed by atoms with Gasteiger partial charge in [0.2, 0.25) is 0 Å². The van der Waals surface area contributed by atoms with Gasteiger partial charge in [-0.25, -0.2) is 0 Å². The van der Waals surface area contributed by atoms with Gasteiger partial charge in [0.05, 0.1) is 4.88 Å². The van der Waals surface area contributed by atoms with Crippen LogP contribution >= 0.6 is 11.3 Å². The molecule has 1 N–H and O–H groups in total. The molecular weight excluding hydrogens is 370 g/mol. The van der Waals surface area contributed by atoms with Crippen LogP contribution in [0.2, 0.25) is 0 Å². The zero-order valence-electron chi connectivity index (χ0n) is 15.4. The van der Waals surface area contributed by atoms with Gasteiger partial charge in [0.1, 0.15) is 0 Å². The predicted octanol–water partition coefficient (Wildman–Crippen LogP) is 3.84. The van der Waals surface area contributed by atoms with Crippen LogP contribution in [0.5, 0.6) is 0 Å². The van der Waals surface area contributed by atoms with Crippen molar-refractivity contribution in [2.75, 3.05) is 13.1 Å². The van der Waals surface area contributed by atoms with E-state index in [4.69, 9.17) is 0 Å². The molecule has 0 spiro atoms. The third kappa shape index (κ3) is 3.97. The van der Waals surface area contributed by atoms with Crippen LogP contribution in [0.1, 0.15) is 32.9 Å². The molecule has 0 aliphatic carbocycles. The largest absolute Gasteiger partial charge is 0.348 e. The van der Waals surface area contributed by atoms with Crippen LogP contribution in [-0.4, -0.2) is 40.8 Å². The summed E-state index contributed by atoms with van der Waals surface area (Å²) < 4.78 is 0. The molecule has 28 heavy (non-hydrogen) atoms. The van der Waals surface area contributed by atoms with E-state index in [0.717, 1.165) is 28.8 Å². The second-order valence-corrected chi connectivity index (χ2v) is 7.72. The fourth-order valence-corrected chi connectivity index (χ4v) is 4.30. The van der Waals surface area contributed by atoms with E-state index in [-0.39, 0.29) is 17.9 Å². The Kier molecular flexibility index (Phi) is 5.48. The number of amides is 2. The van der Waals surface area contributed by atoms with E-state index in [1.165, 1.54) is 11.3 Å². The van der Waals surface area contributed by atoms with Gasteiger partial charge in [-0.2, -0.15) is 0 Å². The van der Waals surface area contributed by atoms with Gasteiger partial charge in [0.25, 0.3) is 11.8 Å². The molecule has 2 amide bonds. The molecule has 0 bridgehead atoms. The maximum Gasteiger partial charge on any atom is 0.262 e. The Morgan fingerprint density at radius 2 is 1.71 bits per heavy atom. The van der Waals surface area contributed by atoms with E-state index in [2.05, 4.69) is 10.3 Å². The number of piperidine rings is 1. The van der Waals surface area contributed by atoms with Gasteiger partial charge in [0.15, 0.2) is 0 Å². The number of carbonyl (C=O) groups excluding carboxylic acids is 2. The monoisotopic (exact) mass is 391 g/mol. The van der Waals surface area contributed by atoms with Crippen LogP contribution in [0.4, 0.5) is 0 Å². The summed E-state index contributed by atoms with van der Waals surface area (Å²) in [7, 11) is 0. The van der Waals surface area contributed by atoms with Gasteiger partial charge in [-0.05, 0) is 42.0 Å². The predicted molar refractivity (Wildman–Crippen MR) is 110 cm³/mol. The molecule has 1 saturated heterocycles. The van der Waals surface area contributed by atoms with Gasteiger partial charge in [-0.15, -0.1) is 11.3 Å². The molecule has 0 saturated carbocycles. The number of benzene rings is 1. The Labute approximate surface area is 168 Å². The van der Waals surface area contributed by atoms with E-state index in [9.17, 15) is 9.59 Å². The normalized spacial score (nSPS) is 14.6. The number of aromatic nitrogens is 1. The molecular formula is C22H21N3O2S. The quantitative estimate of drug-likeness (QED) is 0.735. The Morgan fingerprint density at radius 1 is 1.00 bits per heavy atom. The minimum absolute atomic E-state index is 0.0248. The van der Waals surface area contributed by atoms with Crippen LogP contribution in [0, 0.1) is 0 Å². The SMILES string of the molecule is O=C(NC1CCN(C(=O)c2ccncc2)CC1)c1sccc1-c1ccccc1. The lowest BCUT2D eigenvalue weighted by Gasteiger charge is -2.32. The number of rotatable bonds is 4. The third-order valence-corrected chi connectivity index (χ3v) is 5.91. The molecule has 0 radical (unpaired) electrons. The molecule has 142 valence electrons. The average Bonchev–Trinajstić information content (AvgIpc) is 3.25. The van der Waals surface area contributed by atoms with Gasteiger partial charge < -0.3 is 10.2 Å². The van der Waals surface area contributed by atoms with E-state index in [1.807, 2.05) is 46.7 Å². The van der Waals surface area contributed by atoms with Crippen molar-refractivity contribution in [3.63, 3.8) is 0 Å². The topological polar surface area (TPSA) is 62.3 Å². The summed E-state index contributed by atoms with van der Waals surface area (Å²) >= 11 is 1.46. The number of nitrogens with zero attached hydrogens (tertiary/aromatic N) is 2. The fourth-order valence-electron chi connectivity index (χ4n) is 3.49. The average molecular weight is 391 g/mol. The highest BCUT2D eigenvalue weighted by atomic mass is 32.1. The summed E-state index contributed by atoms with van der Waals surface area (Å²) in [6.45, 7) is 1.28. The van der Waals surface area contributed by atoms with Crippen LogP contribution in [0.15, 0.2) is 66.3 Å². The van der Waals surface area contributed by atoms with E-state index in [1.54, 1.807) is 24.5 Å². The maximum absolute atomic E-state index is 12.8. The van der Waals surface area contributed by atoms with E-state index < -0.39 is 0 Å². The minimum Gasteiger partial charge on any atom is -0.348 e. The van der Waals surface area contributed by atoms with Crippen molar-refractivity contribution >= 4 is 23.2 Å². The van der Waals surface area contributed by atoms with Crippen LogP contribution in [0.25, 0.3) is 11.1 Å². The number of pyridine rings is 1. The Balaban J connectivity index is 1.36. The van der Waals surface area contributed by atoms with Crippen molar-refractivity contribution in [2.24, 2.45) is 0 Å². The van der Waals surface area contributed by atoms with Gasteiger partial charge in [-0.3, -0.25) is 14.6 Å². The van der Waals surface area contributed by atoms with E-state index in [0.29, 0.717) is 18.7 Å². The van der Waals surface area contributed by atoms with Crippen molar-refractivity contribution in [1.82, 2.24) is 15.2 Å². The van der Waals surface area contributed by atoms with Gasteiger partial charge in [-0.1, -0.05) is 30.3 Å². The maximum atomic E-state index is 12.8. The summed E-state index contributed by atoms with van der Waals surface area (Å²) in [5, 5.41) is 5.11. The fraction of sp³-hybridized carbons (Fsp3) is 0.227. The summed E-state index contributed by atoms with van der Waals surface area (Å²) in [6, 6.07) is 15.5. The Morgan fingerprint density at radius 3 is 2.43 bits per heavy atom. The minimum atomic E-state index is -0.0345. The molecule has 3 aromatic rings. The molecule has 4 rings (SSSR count). The second kappa shape index (κ2) is 8.35. The molecule has 0 atom stereocenters. The van der Waals surface area contributed by atoms with Crippen molar-refractivity contribution in [3.05, 3.63) is 76.7 Å². The third-order valence-electron chi connectivity index (χ3n) is 5.00. The standard InChI is InChI=1S/C22H21N3O2S/c26-21(20-19(10-15-28-20)16-4-2-1-3-5-16)24-18-8-13-25(14-9-18)22(27)17-6-11-23-12-7-17/h1-7,10-12,15,18H,8-9,13-14H2,(H,24,26). The molecule has 0 unspecified atom stereocenters. The number of thiophene rings is 1. The van der Waals surface area contributed by atoms with Gasteiger partial charge in [0, 0.05) is 42.7 Å². The first-order chi connectivity index (χ1) is 13.7. The highest BCUT2D eigenvalue weighted by Gasteiger charge is 2.25. The molecule has 2 aromatic heterocycles. The number of nitrogens with one attached hydrogen (secondary N) is 1. The molecule has 1 aliphatic heterocycles. The van der Waals surface area contributed by atoms with Crippen LogP contribution in [-0.2, 0) is 0 Å². The van der Waals surface area contributed by atoms with Crippen molar-refractivity contribution < 1.29 is 9.59 Å². The summed E-state index contributed by atoms with van der Waals surface area (Å²) in [5.41, 5.74) is 2.67. The molecule has 3 heterocycles. The first kappa shape index (κ1) is 18.4. The first-order valence-corrected chi connectivity index (χ1v) is 10.2. The number of likely N-dealkylation sites (tertiary alicyclic amines) is 1. The lowest BCUT2D eigenvalue weighted by Crippen LogP contribution is -2.46. The Hall–Kier alpha value is -2.99. The van der Waals surface area contributed by atoms with Crippen molar-refractivity contribution in [1.29, 1.82) is 0 Å². The van der Waals surface area contributed by atoms with Crippen LogP contribution < -0.4 is 5.32 Å².